The highest BCUT2D eigenvalue weighted by Crippen LogP contribution is 2.53. The molecule has 1 aromatic rings. The van der Waals surface area contributed by atoms with Gasteiger partial charge in [0.1, 0.15) is 0 Å². The van der Waals surface area contributed by atoms with Gasteiger partial charge in [0.15, 0.2) is 0 Å². The Kier molecular flexibility index (Phi) is 3.29. The first kappa shape index (κ1) is 13.0. The Morgan fingerprint density at radius 2 is 1.84 bits per heavy atom. The summed E-state index contributed by atoms with van der Waals surface area (Å²) in [5, 5.41) is 3.12. The third kappa shape index (κ3) is 2.64. The summed E-state index contributed by atoms with van der Waals surface area (Å²) in [6, 6.07) is 9.52. The van der Waals surface area contributed by atoms with E-state index in [0.29, 0.717) is 12.3 Å². The minimum absolute atomic E-state index is 0.148. The molecule has 1 aliphatic carbocycles. The predicted octanol–water partition coefficient (Wildman–Crippen LogP) is 3.72. The van der Waals surface area contributed by atoms with Gasteiger partial charge < -0.3 is 5.32 Å². The SMILES string of the molecule is FC(F)(F)C1CCCNC1C1CC1c1ccccc1. The van der Waals surface area contributed by atoms with Gasteiger partial charge in [-0.15, -0.1) is 0 Å². The summed E-state index contributed by atoms with van der Waals surface area (Å²) in [6.45, 7) is 0.718. The molecular weight excluding hydrogens is 251 g/mol. The van der Waals surface area contributed by atoms with Crippen molar-refractivity contribution in [3.8, 4) is 0 Å². The Bertz CT molecular complexity index is 429. The van der Waals surface area contributed by atoms with Gasteiger partial charge in [-0.2, -0.15) is 13.2 Å². The Labute approximate surface area is 111 Å². The van der Waals surface area contributed by atoms with Crippen LogP contribution in [-0.2, 0) is 0 Å². The Morgan fingerprint density at radius 1 is 1.11 bits per heavy atom. The second kappa shape index (κ2) is 4.82. The first-order chi connectivity index (χ1) is 9.07. The lowest BCUT2D eigenvalue weighted by Gasteiger charge is -2.34. The Morgan fingerprint density at radius 3 is 2.53 bits per heavy atom. The van der Waals surface area contributed by atoms with Crippen molar-refractivity contribution < 1.29 is 13.2 Å². The van der Waals surface area contributed by atoms with Crippen LogP contribution in [0.4, 0.5) is 13.2 Å². The van der Waals surface area contributed by atoms with E-state index in [0.717, 1.165) is 13.0 Å². The van der Waals surface area contributed by atoms with Gasteiger partial charge >= 0.3 is 6.18 Å². The Balaban J connectivity index is 1.72. The van der Waals surface area contributed by atoms with Crippen molar-refractivity contribution in [3.63, 3.8) is 0 Å². The summed E-state index contributed by atoms with van der Waals surface area (Å²) in [4.78, 5) is 0. The van der Waals surface area contributed by atoms with Gasteiger partial charge in [-0.3, -0.25) is 0 Å². The number of nitrogens with one attached hydrogen (secondary N) is 1. The fourth-order valence-corrected chi connectivity index (χ4v) is 3.42. The highest BCUT2D eigenvalue weighted by atomic mass is 19.4. The number of benzene rings is 1. The first-order valence-corrected chi connectivity index (χ1v) is 6.92. The molecule has 3 rings (SSSR count). The fraction of sp³-hybridized carbons (Fsp3) is 0.600. The van der Waals surface area contributed by atoms with Crippen LogP contribution < -0.4 is 5.32 Å². The van der Waals surface area contributed by atoms with Crippen LogP contribution in [0.25, 0.3) is 0 Å². The normalized spacial score (nSPS) is 35.1. The van der Waals surface area contributed by atoms with Crippen molar-refractivity contribution in [2.45, 2.75) is 37.4 Å². The third-order valence-electron chi connectivity index (χ3n) is 4.45. The lowest BCUT2D eigenvalue weighted by Crippen LogP contribution is -2.49. The van der Waals surface area contributed by atoms with Crippen molar-refractivity contribution >= 4 is 0 Å². The molecule has 1 heterocycles. The van der Waals surface area contributed by atoms with Crippen LogP contribution in [0.1, 0.15) is 30.7 Å². The molecular formula is C15H18F3N. The molecule has 1 nitrogen and oxygen atoms in total. The molecule has 4 atom stereocenters. The molecule has 1 aromatic carbocycles. The average Bonchev–Trinajstić information content (AvgIpc) is 3.19. The molecule has 1 saturated carbocycles. The van der Waals surface area contributed by atoms with Crippen LogP contribution in [0.2, 0.25) is 0 Å². The maximum atomic E-state index is 13.1. The predicted molar refractivity (Wildman–Crippen MR) is 67.9 cm³/mol. The van der Waals surface area contributed by atoms with Gasteiger partial charge in [0.05, 0.1) is 5.92 Å². The monoisotopic (exact) mass is 269 g/mol. The number of rotatable bonds is 2. The van der Waals surface area contributed by atoms with Crippen LogP contribution in [0, 0.1) is 11.8 Å². The maximum Gasteiger partial charge on any atom is 0.393 e. The zero-order chi connectivity index (χ0) is 13.5. The molecule has 4 unspecified atom stereocenters. The molecule has 2 aliphatic rings. The number of piperidine rings is 1. The summed E-state index contributed by atoms with van der Waals surface area (Å²) in [5.74, 6) is -0.712. The zero-order valence-electron chi connectivity index (χ0n) is 10.7. The van der Waals surface area contributed by atoms with Crippen molar-refractivity contribution in [2.24, 2.45) is 11.8 Å². The number of hydrogen-bond acceptors (Lipinski definition) is 1. The van der Waals surface area contributed by atoms with E-state index in [-0.39, 0.29) is 18.4 Å². The van der Waals surface area contributed by atoms with Crippen molar-refractivity contribution in [3.05, 3.63) is 35.9 Å². The van der Waals surface area contributed by atoms with Crippen molar-refractivity contribution in [1.82, 2.24) is 5.32 Å². The summed E-state index contributed by atoms with van der Waals surface area (Å²) in [7, 11) is 0. The van der Waals surface area contributed by atoms with E-state index in [1.54, 1.807) is 0 Å². The summed E-state index contributed by atoms with van der Waals surface area (Å²) >= 11 is 0. The van der Waals surface area contributed by atoms with Crippen molar-refractivity contribution in [1.29, 1.82) is 0 Å². The number of alkyl halides is 3. The van der Waals surface area contributed by atoms with Gasteiger partial charge in [0.25, 0.3) is 0 Å². The van der Waals surface area contributed by atoms with Crippen LogP contribution in [0.15, 0.2) is 30.3 Å². The lowest BCUT2D eigenvalue weighted by molar-refractivity contribution is -0.190. The highest BCUT2D eigenvalue weighted by molar-refractivity contribution is 5.27. The molecule has 2 fully saturated rings. The average molecular weight is 269 g/mol. The molecule has 0 radical (unpaired) electrons. The van der Waals surface area contributed by atoms with E-state index in [1.165, 1.54) is 5.56 Å². The summed E-state index contributed by atoms with van der Waals surface area (Å²) in [5.41, 5.74) is 1.18. The van der Waals surface area contributed by atoms with E-state index in [2.05, 4.69) is 5.32 Å². The molecule has 0 bridgehead atoms. The van der Waals surface area contributed by atoms with Crippen molar-refractivity contribution in [2.75, 3.05) is 6.54 Å². The van der Waals surface area contributed by atoms with Gasteiger partial charge in [-0.05, 0) is 43.2 Å². The second-order valence-electron chi connectivity index (χ2n) is 5.69. The lowest BCUT2D eigenvalue weighted by atomic mass is 9.86. The van der Waals surface area contributed by atoms with E-state index < -0.39 is 12.1 Å². The smallest absolute Gasteiger partial charge is 0.313 e. The first-order valence-electron chi connectivity index (χ1n) is 6.92. The fourth-order valence-electron chi connectivity index (χ4n) is 3.42. The van der Waals surface area contributed by atoms with Crippen LogP contribution in [-0.4, -0.2) is 18.8 Å². The summed E-state index contributed by atoms with van der Waals surface area (Å²) in [6.07, 6.45) is -2.28. The molecule has 1 saturated heterocycles. The van der Waals surface area contributed by atoms with E-state index >= 15 is 0 Å². The van der Waals surface area contributed by atoms with Gasteiger partial charge in [0, 0.05) is 6.04 Å². The standard InChI is InChI=1S/C15H18F3N/c16-15(17,18)13-7-4-8-19-14(13)12-9-11(12)10-5-2-1-3-6-10/h1-3,5-6,11-14,19H,4,7-9H2. The van der Waals surface area contributed by atoms with E-state index in [9.17, 15) is 13.2 Å². The zero-order valence-corrected chi connectivity index (χ0v) is 10.7. The van der Waals surface area contributed by atoms with E-state index in [4.69, 9.17) is 0 Å². The van der Waals surface area contributed by atoms with Crippen LogP contribution in [0.3, 0.4) is 0 Å². The number of halogens is 3. The third-order valence-corrected chi connectivity index (χ3v) is 4.45. The molecule has 1 aliphatic heterocycles. The second-order valence-corrected chi connectivity index (χ2v) is 5.69. The molecule has 4 heteroatoms. The maximum absolute atomic E-state index is 13.1. The van der Waals surface area contributed by atoms with E-state index in [1.807, 2.05) is 30.3 Å². The quantitative estimate of drug-likeness (QED) is 0.862. The molecule has 1 N–H and O–H groups in total. The molecule has 19 heavy (non-hydrogen) atoms. The van der Waals surface area contributed by atoms with Crippen LogP contribution in [0.5, 0.6) is 0 Å². The topological polar surface area (TPSA) is 12.0 Å². The largest absolute Gasteiger partial charge is 0.393 e. The summed E-state index contributed by atoms with van der Waals surface area (Å²) < 4.78 is 39.2. The molecule has 0 aromatic heterocycles. The van der Waals surface area contributed by atoms with Gasteiger partial charge in [-0.25, -0.2) is 0 Å². The van der Waals surface area contributed by atoms with Gasteiger partial charge in [-0.1, -0.05) is 30.3 Å². The highest BCUT2D eigenvalue weighted by Gasteiger charge is 2.54. The minimum atomic E-state index is -4.07. The van der Waals surface area contributed by atoms with Gasteiger partial charge in [0.2, 0.25) is 0 Å². The molecule has 0 spiro atoms. The molecule has 0 amide bonds. The minimum Gasteiger partial charge on any atom is -0.313 e. The number of hydrogen-bond donors (Lipinski definition) is 1. The molecule has 104 valence electrons. The van der Waals surface area contributed by atoms with Crippen LogP contribution >= 0.6 is 0 Å². The Hall–Kier alpha value is -1.03.